The molecule has 0 saturated carbocycles. The highest BCUT2D eigenvalue weighted by Gasteiger charge is 2.15. The number of nitrogens with zero attached hydrogens (tertiary/aromatic N) is 1. The van der Waals surface area contributed by atoms with Gasteiger partial charge < -0.3 is 4.74 Å². The molecule has 0 atom stereocenters. The summed E-state index contributed by atoms with van der Waals surface area (Å²) in [5.74, 6) is 0.598. The highest BCUT2D eigenvalue weighted by Crippen LogP contribution is 2.37. The van der Waals surface area contributed by atoms with Gasteiger partial charge in [0.25, 0.3) is 0 Å². The molecule has 17 heavy (non-hydrogen) atoms. The summed E-state index contributed by atoms with van der Waals surface area (Å²) in [7, 11) is 1.58. The SMILES string of the molecule is COc1cccc(Cl)c1-c1nc(C(C)=O)cs1. The van der Waals surface area contributed by atoms with Crippen LogP contribution in [0.3, 0.4) is 0 Å². The van der Waals surface area contributed by atoms with Crippen LogP contribution in [0.1, 0.15) is 17.4 Å². The molecule has 0 aliphatic carbocycles. The van der Waals surface area contributed by atoms with Crippen LogP contribution >= 0.6 is 22.9 Å². The van der Waals surface area contributed by atoms with Gasteiger partial charge in [-0.3, -0.25) is 4.79 Å². The number of ether oxygens (including phenoxy) is 1. The van der Waals surface area contributed by atoms with E-state index in [0.29, 0.717) is 21.5 Å². The van der Waals surface area contributed by atoms with Crippen molar-refractivity contribution in [2.24, 2.45) is 0 Å². The van der Waals surface area contributed by atoms with Crippen molar-refractivity contribution < 1.29 is 9.53 Å². The summed E-state index contributed by atoms with van der Waals surface area (Å²) < 4.78 is 5.25. The number of thiazole rings is 1. The van der Waals surface area contributed by atoms with Crippen LogP contribution in [0.2, 0.25) is 5.02 Å². The van der Waals surface area contributed by atoms with Gasteiger partial charge in [-0.15, -0.1) is 11.3 Å². The van der Waals surface area contributed by atoms with Gasteiger partial charge >= 0.3 is 0 Å². The number of carbonyl (C=O) groups is 1. The summed E-state index contributed by atoms with van der Waals surface area (Å²) >= 11 is 7.51. The van der Waals surface area contributed by atoms with Crippen LogP contribution < -0.4 is 4.74 Å². The van der Waals surface area contributed by atoms with Crippen LogP contribution in [0.15, 0.2) is 23.6 Å². The highest BCUT2D eigenvalue weighted by atomic mass is 35.5. The summed E-state index contributed by atoms with van der Waals surface area (Å²) in [6, 6.07) is 5.40. The van der Waals surface area contributed by atoms with Crippen molar-refractivity contribution in [1.29, 1.82) is 0 Å². The number of carbonyl (C=O) groups excluding carboxylic acids is 1. The molecule has 0 fully saturated rings. The number of aromatic nitrogens is 1. The molecule has 5 heteroatoms. The Bertz CT molecular complexity index is 565. The van der Waals surface area contributed by atoms with Crippen LogP contribution in [0, 0.1) is 0 Å². The first-order valence-electron chi connectivity index (χ1n) is 4.93. The lowest BCUT2D eigenvalue weighted by atomic mass is 10.2. The minimum absolute atomic E-state index is 0.0569. The fourth-order valence-corrected chi connectivity index (χ4v) is 2.67. The minimum Gasteiger partial charge on any atom is -0.496 e. The van der Waals surface area contributed by atoms with E-state index in [1.165, 1.54) is 18.3 Å². The summed E-state index contributed by atoms with van der Waals surface area (Å²) in [6.07, 6.45) is 0. The van der Waals surface area contributed by atoms with Gasteiger partial charge in [-0.05, 0) is 12.1 Å². The lowest BCUT2D eigenvalue weighted by Gasteiger charge is -2.07. The molecule has 2 rings (SSSR count). The lowest BCUT2D eigenvalue weighted by molar-refractivity contribution is 0.101. The van der Waals surface area contributed by atoms with E-state index in [4.69, 9.17) is 16.3 Å². The Morgan fingerprint density at radius 3 is 2.82 bits per heavy atom. The van der Waals surface area contributed by atoms with Crippen molar-refractivity contribution in [1.82, 2.24) is 4.98 Å². The molecule has 0 aliphatic heterocycles. The quantitative estimate of drug-likeness (QED) is 0.797. The van der Waals surface area contributed by atoms with Crippen LogP contribution in [0.25, 0.3) is 10.6 Å². The largest absolute Gasteiger partial charge is 0.496 e. The van der Waals surface area contributed by atoms with E-state index in [2.05, 4.69) is 4.98 Å². The predicted molar refractivity (Wildman–Crippen MR) is 69.1 cm³/mol. The first kappa shape index (κ1) is 12.1. The maximum atomic E-state index is 11.2. The molecule has 1 heterocycles. The van der Waals surface area contributed by atoms with E-state index in [1.54, 1.807) is 18.6 Å². The predicted octanol–water partition coefficient (Wildman–Crippen LogP) is 3.67. The summed E-state index contributed by atoms with van der Waals surface area (Å²) in [4.78, 5) is 15.5. The molecule has 1 aromatic carbocycles. The molecule has 1 aromatic heterocycles. The molecule has 88 valence electrons. The number of hydrogen-bond acceptors (Lipinski definition) is 4. The zero-order valence-corrected chi connectivity index (χ0v) is 10.9. The zero-order valence-electron chi connectivity index (χ0n) is 9.36. The molecular formula is C12H10ClNO2S. The monoisotopic (exact) mass is 267 g/mol. The Hall–Kier alpha value is -1.39. The third-order valence-corrected chi connectivity index (χ3v) is 3.45. The third-order valence-electron chi connectivity index (χ3n) is 2.27. The molecule has 0 unspecified atom stereocenters. The second-order valence-electron chi connectivity index (χ2n) is 3.41. The van der Waals surface area contributed by atoms with Gasteiger partial charge in [-0.25, -0.2) is 4.98 Å². The van der Waals surface area contributed by atoms with Crippen LogP contribution in [0.4, 0.5) is 0 Å². The average molecular weight is 268 g/mol. The van der Waals surface area contributed by atoms with E-state index in [-0.39, 0.29) is 5.78 Å². The Morgan fingerprint density at radius 1 is 1.47 bits per heavy atom. The molecule has 0 spiro atoms. The maximum absolute atomic E-state index is 11.2. The number of ketones is 1. The molecule has 0 N–H and O–H groups in total. The zero-order chi connectivity index (χ0) is 12.4. The molecule has 0 bridgehead atoms. The van der Waals surface area contributed by atoms with Crippen molar-refractivity contribution in [2.75, 3.05) is 7.11 Å². The summed E-state index contributed by atoms with van der Waals surface area (Å²) in [5, 5.41) is 2.98. The lowest BCUT2D eigenvalue weighted by Crippen LogP contribution is -1.92. The third kappa shape index (κ3) is 2.33. The van der Waals surface area contributed by atoms with E-state index in [0.717, 1.165) is 5.56 Å². The molecule has 0 aliphatic rings. The van der Waals surface area contributed by atoms with Crippen LogP contribution in [-0.2, 0) is 0 Å². The Morgan fingerprint density at radius 2 is 2.24 bits per heavy atom. The number of hydrogen-bond donors (Lipinski definition) is 0. The van der Waals surface area contributed by atoms with Gasteiger partial charge in [0, 0.05) is 12.3 Å². The number of benzene rings is 1. The second-order valence-corrected chi connectivity index (χ2v) is 4.68. The Balaban J connectivity index is 2.55. The Labute approximate surface area is 108 Å². The van der Waals surface area contributed by atoms with Crippen molar-refractivity contribution in [2.45, 2.75) is 6.92 Å². The van der Waals surface area contributed by atoms with Crippen molar-refractivity contribution in [3.63, 3.8) is 0 Å². The number of methoxy groups -OCH3 is 1. The molecule has 2 aromatic rings. The van der Waals surface area contributed by atoms with E-state index in [9.17, 15) is 4.79 Å². The van der Waals surface area contributed by atoms with Crippen molar-refractivity contribution in [3.8, 4) is 16.3 Å². The number of rotatable bonds is 3. The molecule has 0 saturated heterocycles. The van der Waals surface area contributed by atoms with Gasteiger partial charge in [-0.2, -0.15) is 0 Å². The first-order chi connectivity index (χ1) is 8.13. The van der Waals surface area contributed by atoms with Gasteiger partial charge in [0.15, 0.2) is 5.78 Å². The van der Waals surface area contributed by atoms with Crippen molar-refractivity contribution in [3.05, 3.63) is 34.3 Å². The molecule has 0 amide bonds. The summed E-state index contributed by atoms with van der Waals surface area (Å²) in [5.41, 5.74) is 1.18. The van der Waals surface area contributed by atoms with Crippen molar-refractivity contribution >= 4 is 28.7 Å². The molecule has 3 nitrogen and oxygen atoms in total. The minimum atomic E-state index is -0.0569. The number of halogens is 1. The van der Waals surface area contributed by atoms with E-state index < -0.39 is 0 Å². The Kier molecular flexibility index (Phi) is 3.45. The van der Waals surface area contributed by atoms with Gasteiger partial charge in [-0.1, -0.05) is 17.7 Å². The summed E-state index contributed by atoms with van der Waals surface area (Å²) in [6.45, 7) is 1.49. The van der Waals surface area contributed by atoms with E-state index in [1.807, 2.05) is 12.1 Å². The fraction of sp³-hybridized carbons (Fsp3) is 0.167. The van der Waals surface area contributed by atoms with Crippen LogP contribution in [-0.4, -0.2) is 17.9 Å². The molecule has 0 radical (unpaired) electrons. The van der Waals surface area contributed by atoms with Crippen LogP contribution in [0.5, 0.6) is 5.75 Å². The second kappa shape index (κ2) is 4.85. The number of Topliss-reactive ketones (excluding diaryl/α,β-unsaturated/α-hetero) is 1. The van der Waals surface area contributed by atoms with E-state index >= 15 is 0 Å². The van der Waals surface area contributed by atoms with Gasteiger partial charge in [0.05, 0.1) is 17.7 Å². The van der Waals surface area contributed by atoms with Gasteiger partial charge in [0.1, 0.15) is 16.5 Å². The normalized spacial score (nSPS) is 10.3. The standard InChI is InChI=1S/C12H10ClNO2S/c1-7(15)9-6-17-12(14-9)11-8(13)4-3-5-10(11)16-2/h3-6H,1-2H3. The smallest absolute Gasteiger partial charge is 0.178 e. The van der Waals surface area contributed by atoms with Gasteiger partial charge in [0.2, 0.25) is 0 Å². The topological polar surface area (TPSA) is 39.2 Å². The maximum Gasteiger partial charge on any atom is 0.178 e. The molecular weight excluding hydrogens is 258 g/mol. The highest BCUT2D eigenvalue weighted by molar-refractivity contribution is 7.13. The fourth-order valence-electron chi connectivity index (χ4n) is 1.43. The average Bonchev–Trinajstić information content (AvgIpc) is 2.77. The first-order valence-corrected chi connectivity index (χ1v) is 6.18.